The van der Waals surface area contributed by atoms with Crippen molar-refractivity contribution in [3.63, 3.8) is 0 Å². The Labute approximate surface area is 260 Å². The van der Waals surface area contributed by atoms with E-state index >= 15 is 0 Å². The van der Waals surface area contributed by atoms with E-state index in [-0.39, 0.29) is 5.41 Å². The summed E-state index contributed by atoms with van der Waals surface area (Å²) in [6.07, 6.45) is 32.6. The van der Waals surface area contributed by atoms with Crippen molar-refractivity contribution in [2.24, 2.45) is 5.41 Å². The van der Waals surface area contributed by atoms with Crippen molar-refractivity contribution in [3.8, 4) is 0 Å². The first-order chi connectivity index (χ1) is 20.0. The third-order valence-electron chi connectivity index (χ3n) is 8.49. The molecule has 0 aromatic carbocycles. The molecule has 0 N–H and O–H groups in total. The highest BCUT2D eigenvalue weighted by Gasteiger charge is 2.31. The van der Waals surface area contributed by atoms with Crippen molar-refractivity contribution in [1.29, 1.82) is 0 Å². The van der Waals surface area contributed by atoms with Gasteiger partial charge in [0.2, 0.25) is 0 Å². The van der Waals surface area contributed by atoms with Crippen molar-refractivity contribution in [3.05, 3.63) is 0 Å². The lowest BCUT2D eigenvalue weighted by Gasteiger charge is -2.38. The highest BCUT2D eigenvalue weighted by molar-refractivity contribution is 4.84. The van der Waals surface area contributed by atoms with E-state index in [1.807, 2.05) is 0 Å². The number of ether oxygens (including phenoxy) is 2. The summed E-state index contributed by atoms with van der Waals surface area (Å²) in [4.78, 5) is 4.75. The van der Waals surface area contributed by atoms with Crippen molar-refractivity contribution in [2.45, 2.75) is 168 Å². The molecule has 4 heteroatoms. The van der Waals surface area contributed by atoms with Crippen molar-refractivity contribution in [1.82, 2.24) is 9.80 Å². The minimum atomic E-state index is 0.231. The molecule has 0 aliphatic rings. The van der Waals surface area contributed by atoms with Crippen LogP contribution in [0.3, 0.4) is 0 Å². The van der Waals surface area contributed by atoms with Crippen LogP contribution in [0.5, 0.6) is 0 Å². The number of nitrogens with zero attached hydrogens (tertiary/aromatic N) is 2. The fourth-order valence-electron chi connectivity index (χ4n) is 6.37. The van der Waals surface area contributed by atoms with Crippen LogP contribution in [0.1, 0.15) is 168 Å². The van der Waals surface area contributed by atoms with Gasteiger partial charge < -0.3 is 19.3 Å². The molecule has 0 unspecified atom stereocenters. The maximum Gasteiger partial charge on any atom is 0.0546 e. The minimum absolute atomic E-state index is 0.231. The molecule has 0 bridgehead atoms. The van der Waals surface area contributed by atoms with Gasteiger partial charge in [0.05, 0.1) is 6.61 Å². The van der Waals surface area contributed by atoms with Gasteiger partial charge in [-0.1, -0.05) is 142 Å². The summed E-state index contributed by atoms with van der Waals surface area (Å²) in [7, 11) is 8.90. The first kappa shape index (κ1) is 40.8. The van der Waals surface area contributed by atoms with Crippen LogP contribution in [0.4, 0.5) is 0 Å². The third-order valence-corrected chi connectivity index (χ3v) is 8.49. The van der Waals surface area contributed by atoms with Gasteiger partial charge in [-0.05, 0) is 53.9 Å². The van der Waals surface area contributed by atoms with Crippen LogP contribution in [0.25, 0.3) is 0 Å². The molecule has 41 heavy (non-hydrogen) atoms. The molecule has 4 nitrogen and oxygen atoms in total. The molecule has 0 aliphatic carbocycles. The van der Waals surface area contributed by atoms with Crippen molar-refractivity contribution in [2.75, 3.05) is 67.7 Å². The van der Waals surface area contributed by atoms with E-state index in [1.54, 1.807) is 0 Å². The summed E-state index contributed by atoms with van der Waals surface area (Å²) in [6.45, 7) is 10.5. The highest BCUT2D eigenvalue weighted by Crippen LogP contribution is 2.28. The molecule has 0 saturated heterocycles. The monoisotopic (exact) mass is 583 g/mol. The zero-order valence-electron chi connectivity index (χ0n) is 29.4. The Balaban J connectivity index is 4.02. The summed E-state index contributed by atoms with van der Waals surface area (Å²) >= 11 is 0. The maximum atomic E-state index is 6.40. The van der Waals surface area contributed by atoms with Gasteiger partial charge in [-0.15, -0.1) is 0 Å². The molecule has 0 rings (SSSR count). The third kappa shape index (κ3) is 29.7. The number of hydrogen-bond donors (Lipinski definition) is 0. The van der Waals surface area contributed by atoms with Gasteiger partial charge >= 0.3 is 0 Å². The van der Waals surface area contributed by atoms with Crippen LogP contribution in [-0.4, -0.2) is 77.5 Å². The van der Waals surface area contributed by atoms with Gasteiger partial charge in [-0.25, -0.2) is 0 Å². The molecule has 0 amide bonds. The zero-order valence-corrected chi connectivity index (χ0v) is 29.4. The largest absolute Gasteiger partial charge is 0.381 e. The van der Waals surface area contributed by atoms with E-state index in [0.717, 1.165) is 39.5 Å². The van der Waals surface area contributed by atoms with Gasteiger partial charge in [-0.2, -0.15) is 0 Å². The Morgan fingerprint density at radius 1 is 0.390 bits per heavy atom. The molecule has 0 radical (unpaired) electrons. The van der Waals surface area contributed by atoms with Crippen molar-refractivity contribution < 1.29 is 9.47 Å². The number of hydrogen-bond acceptors (Lipinski definition) is 4. The Morgan fingerprint density at radius 3 is 1.07 bits per heavy atom. The predicted octanol–water partition coefficient (Wildman–Crippen LogP) is 10.5. The molecule has 0 aromatic rings. The normalized spacial score (nSPS) is 12.3. The number of rotatable bonds is 34. The molecule has 0 heterocycles. The Kier molecular flexibility index (Phi) is 31.1. The van der Waals surface area contributed by atoms with E-state index in [9.17, 15) is 0 Å². The summed E-state index contributed by atoms with van der Waals surface area (Å²) in [5, 5.41) is 0. The van der Waals surface area contributed by atoms with Crippen molar-refractivity contribution >= 4 is 0 Å². The van der Waals surface area contributed by atoms with E-state index in [1.165, 1.54) is 154 Å². The molecule has 0 saturated carbocycles. The average molecular weight is 583 g/mol. The van der Waals surface area contributed by atoms with E-state index in [0.29, 0.717) is 0 Å². The van der Waals surface area contributed by atoms with Crippen LogP contribution in [0.15, 0.2) is 0 Å². The highest BCUT2D eigenvalue weighted by atomic mass is 16.5. The van der Waals surface area contributed by atoms with Gasteiger partial charge in [0.15, 0.2) is 0 Å². The second kappa shape index (κ2) is 31.3. The van der Waals surface area contributed by atoms with Crippen LogP contribution in [0, 0.1) is 5.41 Å². The Morgan fingerprint density at radius 2 is 0.707 bits per heavy atom. The first-order valence-electron chi connectivity index (χ1n) is 18.4. The molecule has 0 spiro atoms. The minimum Gasteiger partial charge on any atom is -0.381 e. The zero-order chi connectivity index (χ0) is 30.3. The predicted molar refractivity (Wildman–Crippen MR) is 183 cm³/mol. The Bertz CT molecular complexity index is 453. The number of unbranched alkanes of at least 4 members (excludes halogenated alkanes) is 20. The first-order valence-corrected chi connectivity index (χ1v) is 18.4. The summed E-state index contributed by atoms with van der Waals surface area (Å²) in [5.41, 5.74) is 0.231. The van der Waals surface area contributed by atoms with Gasteiger partial charge in [0.1, 0.15) is 0 Å². The van der Waals surface area contributed by atoms with Gasteiger partial charge in [0.25, 0.3) is 0 Å². The molecular formula is C37H78N2O2. The van der Waals surface area contributed by atoms with E-state index in [4.69, 9.17) is 9.47 Å². The topological polar surface area (TPSA) is 24.9 Å². The van der Waals surface area contributed by atoms with Crippen LogP contribution in [0.2, 0.25) is 0 Å². The average Bonchev–Trinajstić information content (AvgIpc) is 2.92. The van der Waals surface area contributed by atoms with Crippen LogP contribution >= 0.6 is 0 Å². The molecule has 0 aliphatic heterocycles. The fourth-order valence-corrected chi connectivity index (χ4v) is 6.37. The molecule has 0 fully saturated rings. The smallest absolute Gasteiger partial charge is 0.0546 e. The maximum absolute atomic E-state index is 6.40. The van der Waals surface area contributed by atoms with Crippen LogP contribution in [-0.2, 0) is 9.47 Å². The molecular weight excluding hydrogens is 504 g/mol. The summed E-state index contributed by atoms with van der Waals surface area (Å²) in [5.74, 6) is 0. The molecule has 248 valence electrons. The standard InChI is InChI=1S/C37H78N2O2/c1-7-9-11-13-14-15-16-17-18-20-25-29-33-41-36-37(34-38(3)4,35-39(5)6)30-26-22-19-21-24-28-32-40-31-27-23-12-10-8-2/h7-36H2,1-6H3. The SMILES string of the molecule is CCCCCCCCCCCCCCOCC(CCCCCCCCOCCCCCCC)(CN(C)C)CN(C)C. The summed E-state index contributed by atoms with van der Waals surface area (Å²) < 4.78 is 12.2. The lowest BCUT2D eigenvalue weighted by Crippen LogP contribution is -2.45. The van der Waals surface area contributed by atoms with Gasteiger partial charge in [-0.3, -0.25) is 0 Å². The second-order valence-corrected chi connectivity index (χ2v) is 13.8. The second-order valence-electron chi connectivity index (χ2n) is 13.8. The molecule has 0 atom stereocenters. The van der Waals surface area contributed by atoms with E-state index in [2.05, 4.69) is 51.8 Å². The summed E-state index contributed by atoms with van der Waals surface area (Å²) in [6, 6.07) is 0. The van der Waals surface area contributed by atoms with Crippen LogP contribution < -0.4 is 0 Å². The molecule has 0 aromatic heterocycles. The lowest BCUT2D eigenvalue weighted by molar-refractivity contribution is 0.00431. The fraction of sp³-hybridized carbons (Fsp3) is 1.00. The van der Waals surface area contributed by atoms with E-state index < -0.39 is 0 Å². The Hall–Kier alpha value is -0.160. The quantitative estimate of drug-likeness (QED) is 0.0705. The lowest BCUT2D eigenvalue weighted by atomic mass is 9.82. The van der Waals surface area contributed by atoms with Gasteiger partial charge in [0, 0.05) is 38.3 Å².